The number of rotatable bonds is 3. The maximum atomic E-state index is 10.8. The number of nitrogens with zero attached hydrogens (tertiary/aromatic N) is 3. The minimum atomic E-state index is -0.989. The highest BCUT2D eigenvalue weighted by atomic mass is 35.5. The molecular weight excluding hydrogens is 262 g/mol. The van der Waals surface area contributed by atoms with E-state index in [1.54, 1.807) is 12.1 Å². The van der Waals surface area contributed by atoms with Crippen LogP contribution in [0.1, 0.15) is 10.4 Å². The van der Waals surface area contributed by atoms with E-state index in [2.05, 4.69) is 15.2 Å². The predicted octanol–water partition coefficient (Wildman–Crippen LogP) is 2.37. The maximum Gasteiger partial charge on any atom is 0.335 e. The first kappa shape index (κ1) is 11.8. The fraction of sp³-hybridized carbons (Fsp3) is 0. The van der Waals surface area contributed by atoms with Gasteiger partial charge in [-0.1, -0.05) is 11.6 Å². The number of aromatic carboxylic acids is 1. The van der Waals surface area contributed by atoms with E-state index in [1.807, 2.05) is 0 Å². The van der Waals surface area contributed by atoms with Crippen molar-refractivity contribution in [2.24, 2.45) is 0 Å². The fourth-order valence-corrected chi connectivity index (χ4v) is 1.90. The number of aromatic nitrogens is 3. The van der Waals surface area contributed by atoms with E-state index < -0.39 is 5.97 Å². The van der Waals surface area contributed by atoms with Crippen molar-refractivity contribution in [1.82, 2.24) is 15.2 Å². The summed E-state index contributed by atoms with van der Waals surface area (Å²) in [6, 6.07) is 6.20. The second-order valence-electron chi connectivity index (χ2n) is 2.98. The molecule has 2 aromatic rings. The summed E-state index contributed by atoms with van der Waals surface area (Å²) in [5, 5.41) is 17.8. The van der Waals surface area contributed by atoms with Crippen molar-refractivity contribution in [1.29, 1.82) is 0 Å². The van der Waals surface area contributed by atoms with E-state index in [0.717, 1.165) is 0 Å². The van der Waals surface area contributed by atoms with Crippen LogP contribution in [0.3, 0.4) is 0 Å². The number of halogens is 1. The molecule has 86 valence electrons. The van der Waals surface area contributed by atoms with E-state index in [-0.39, 0.29) is 5.56 Å². The van der Waals surface area contributed by atoms with Gasteiger partial charge in [-0.05, 0) is 36.0 Å². The van der Waals surface area contributed by atoms with Crippen LogP contribution in [-0.4, -0.2) is 26.3 Å². The van der Waals surface area contributed by atoms with Gasteiger partial charge in [-0.15, -0.1) is 10.2 Å². The number of pyridine rings is 1. The molecule has 0 aliphatic rings. The molecule has 0 radical (unpaired) electrons. The molecule has 0 unspecified atom stereocenters. The molecule has 0 fully saturated rings. The van der Waals surface area contributed by atoms with Crippen molar-refractivity contribution >= 4 is 29.3 Å². The Balaban J connectivity index is 2.21. The van der Waals surface area contributed by atoms with Crippen molar-refractivity contribution in [2.75, 3.05) is 0 Å². The quantitative estimate of drug-likeness (QED) is 0.920. The number of carboxylic acid groups (broad SMARTS) is 1. The third kappa shape index (κ3) is 3.15. The summed E-state index contributed by atoms with van der Waals surface area (Å²) in [7, 11) is 0. The predicted molar refractivity (Wildman–Crippen MR) is 62.4 cm³/mol. The average Bonchev–Trinajstić information content (AvgIpc) is 2.32. The van der Waals surface area contributed by atoms with Gasteiger partial charge in [-0.3, -0.25) is 0 Å². The summed E-state index contributed by atoms with van der Waals surface area (Å²) in [6.07, 6.45) is 1.44. The molecule has 0 saturated carbocycles. The Morgan fingerprint density at radius 2 is 2.06 bits per heavy atom. The minimum absolute atomic E-state index is 0.185. The molecule has 1 N–H and O–H groups in total. The summed E-state index contributed by atoms with van der Waals surface area (Å²) >= 11 is 6.83. The molecule has 0 aliphatic heterocycles. The zero-order valence-corrected chi connectivity index (χ0v) is 9.94. The first-order valence-corrected chi connectivity index (χ1v) is 5.71. The molecular formula is C10H6ClN3O2S. The van der Waals surface area contributed by atoms with E-state index in [9.17, 15) is 4.79 Å². The van der Waals surface area contributed by atoms with Crippen LogP contribution in [0.4, 0.5) is 0 Å². The Morgan fingerprint density at radius 3 is 2.71 bits per heavy atom. The smallest absolute Gasteiger partial charge is 0.335 e. The maximum absolute atomic E-state index is 10.8. The average molecular weight is 268 g/mol. The molecule has 0 bridgehead atoms. The standard InChI is InChI=1S/C10H6ClN3O2S/c11-7-1-2-8(14-13-7)17-9-5-6(10(15)16)3-4-12-9/h1-5H,(H,15,16). The molecule has 0 atom stereocenters. The van der Waals surface area contributed by atoms with Crippen molar-refractivity contribution in [2.45, 2.75) is 10.1 Å². The molecule has 0 spiro atoms. The Labute approximate surface area is 106 Å². The van der Waals surface area contributed by atoms with E-state index in [0.29, 0.717) is 15.2 Å². The first-order chi connectivity index (χ1) is 8.15. The summed E-state index contributed by atoms with van der Waals surface area (Å²) in [4.78, 5) is 14.8. The number of hydrogen-bond donors (Lipinski definition) is 1. The van der Waals surface area contributed by atoms with Gasteiger partial charge in [0.15, 0.2) is 5.15 Å². The van der Waals surface area contributed by atoms with Gasteiger partial charge in [-0.2, -0.15) is 0 Å². The molecule has 0 aromatic carbocycles. The van der Waals surface area contributed by atoms with Crippen molar-refractivity contribution < 1.29 is 9.90 Å². The summed E-state index contributed by atoms with van der Waals surface area (Å²) < 4.78 is 0. The molecule has 2 heterocycles. The van der Waals surface area contributed by atoms with Crippen LogP contribution in [0.2, 0.25) is 5.15 Å². The largest absolute Gasteiger partial charge is 0.478 e. The van der Waals surface area contributed by atoms with Gasteiger partial charge in [0, 0.05) is 6.20 Å². The Hall–Kier alpha value is -1.66. The third-order valence-corrected chi connectivity index (χ3v) is 2.86. The lowest BCUT2D eigenvalue weighted by molar-refractivity contribution is 0.0696. The van der Waals surface area contributed by atoms with Gasteiger partial charge < -0.3 is 5.11 Å². The highest BCUT2D eigenvalue weighted by Gasteiger charge is 2.06. The number of carboxylic acids is 1. The van der Waals surface area contributed by atoms with Gasteiger partial charge in [-0.25, -0.2) is 9.78 Å². The van der Waals surface area contributed by atoms with Gasteiger partial charge in [0.2, 0.25) is 0 Å². The highest BCUT2D eigenvalue weighted by Crippen LogP contribution is 2.24. The van der Waals surface area contributed by atoms with Crippen LogP contribution in [-0.2, 0) is 0 Å². The van der Waals surface area contributed by atoms with Crippen LogP contribution in [0.25, 0.3) is 0 Å². The van der Waals surface area contributed by atoms with Crippen LogP contribution < -0.4 is 0 Å². The SMILES string of the molecule is O=C(O)c1ccnc(Sc2ccc(Cl)nn2)c1. The van der Waals surface area contributed by atoms with E-state index >= 15 is 0 Å². The summed E-state index contributed by atoms with van der Waals surface area (Å²) in [6.45, 7) is 0. The molecule has 2 rings (SSSR count). The molecule has 7 heteroatoms. The molecule has 5 nitrogen and oxygen atoms in total. The minimum Gasteiger partial charge on any atom is -0.478 e. The third-order valence-electron chi connectivity index (χ3n) is 1.80. The van der Waals surface area contributed by atoms with E-state index in [4.69, 9.17) is 16.7 Å². The monoisotopic (exact) mass is 267 g/mol. The number of hydrogen-bond acceptors (Lipinski definition) is 5. The first-order valence-electron chi connectivity index (χ1n) is 4.51. The lowest BCUT2D eigenvalue weighted by atomic mass is 10.3. The van der Waals surface area contributed by atoms with Gasteiger partial charge in [0.25, 0.3) is 0 Å². The Morgan fingerprint density at radius 1 is 1.24 bits per heavy atom. The Bertz CT molecular complexity index is 548. The second kappa shape index (κ2) is 5.11. The highest BCUT2D eigenvalue weighted by molar-refractivity contribution is 7.99. The van der Waals surface area contributed by atoms with Crippen molar-refractivity contribution in [3.05, 3.63) is 41.2 Å². The lowest BCUT2D eigenvalue weighted by Gasteiger charge is -2.00. The summed E-state index contributed by atoms with van der Waals surface area (Å²) in [5.74, 6) is -0.989. The van der Waals surface area contributed by atoms with Crippen LogP contribution in [0, 0.1) is 0 Å². The topological polar surface area (TPSA) is 76.0 Å². The second-order valence-corrected chi connectivity index (χ2v) is 4.41. The molecule has 0 saturated heterocycles. The molecule has 2 aromatic heterocycles. The molecule has 17 heavy (non-hydrogen) atoms. The lowest BCUT2D eigenvalue weighted by Crippen LogP contribution is -1.96. The zero-order valence-electron chi connectivity index (χ0n) is 8.37. The fourth-order valence-electron chi connectivity index (χ4n) is 1.06. The molecule has 0 aliphatic carbocycles. The number of carbonyl (C=O) groups is 1. The van der Waals surface area contributed by atoms with Crippen molar-refractivity contribution in [3.63, 3.8) is 0 Å². The van der Waals surface area contributed by atoms with Crippen LogP contribution >= 0.6 is 23.4 Å². The normalized spacial score (nSPS) is 10.2. The van der Waals surface area contributed by atoms with Crippen LogP contribution in [0.5, 0.6) is 0 Å². The van der Waals surface area contributed by atoms with Crippen molar-refractivity contribution in [3.8, 4) is 0 Å². The van der Waals surface area contributed by atoms with Gasteiger partial charge in [0.05, 0.1) is 5.56 Å². The van der Waals surface area contributed by atoms with Crippen LogP contribution in [0.15, 0.2) is 40.5 Å². The van der Waals surface area contributed by atoms with Gasteiger partial charge >= 0.3 is 5.97 Å². The van der Waals surface area contributed by atoms with E-state index in [1.165, 1.54) is 30.1 Å². The zero-order chi connectivity index (χ0) is 12.3. The summed E-state index contributed by atoms with van der Waals surface area (Å²) in [5.41, 5.74) is 0.185. The molecule has 0 amide bonds. The Kier molecular flexibility index (Phi) is 3.55. The van der Waals surface area contributed by atoms with Gasteiger partial charge in [0.1, 0.15) is 10.1 Å².